The van der Waals surface area contributed by atoms with Crippen LogP contribution in [0.25, 0.3) is 11.1 Å². The molecule has 158 valence electrons. The van der Waals surface area contributed by atoms with Crippen LogP contribution in [0, 0.1) is 0 Å². The molecule has 7 heteroatoms. The fraction of sp³-hybridized carbons (Fsp3) is 0.348. The van der Waals surface area contributed by atoms with Crippen LogP contribution in [0.1, 0.15) is 48.3 Å². The predicted octanol–water partition coefficient (Wildman–Crippen LogP) is 3.63. The molecule has 0 aliphatic carbocycles. The minimum absolute atomic E-state index is 0.171. The molecule has 1 aliphatic heterocycles. The molecule has 0 saturated heterocycles. The second-order valence-corrected chi connectivity index (χ2v) is 8.19. The number of aliphatic carboxylic acids is 1. The Morgan fingerprint density at radius 1 is 1.10 bits per heavy atom. The zero-order valence-corrected chi connectivity index (χ0v) is 17.6. The number of hydrogen-bond donors (Lipinski definition) is 2. The summed E-state index contributed by atoms with van der Waals surface area (Å²) in [6.45, 7) is 5.49. The van der Waals surface area contributed by atoms with E-state index in [4.69, 9.17) is 4.74 Å². The van der Waals surface area contributed by atoms with Gasteiger partial charge in [-0.2, -0.15) is 0 Å². The van der Waals surface area contributed by atoms with E-state index in [1.807, 2.05) is 18.2 Å². The molecule has 1 aliphatic rings. The number of carboxylic acid groups (broad SMARTS) is 1. The van der Waals surface area contributed by atoms with Gasteiger partial charge in [-0.05, 0) is 61.6 Å². The first-order chi connectivity index (χ1) is 14.1. The highest BCUT2D eigenvalue weighted by atomic mass is 16.6. The second kappa shape index (κ2) is 8.18. The number of hydrogen-bond acceptors (Lipinski definition) is 4. The molecule has 7 nitrogen and oxygen atoms in total. The van der Waals surface area contributed by atoms with Gasteiger partial charge in [-0.15, -0.1) is 0 Å². The Bertz CT molecular complexity index is 976. The van der Waals surface area contributed by atoms with E-state index in [0.29, 0.717) is 17.5 Å². The van der Waals surface area contributed by atoms with Crippen molar-refractivity contribution in [1.82, 2.24) is 10.2 Å². The Labute approximate surface area is 175 Å². The van der Waals surface area contributed by atoms with Crippen molar-refractivity contribution in [2.75, 3.05) is 13.6 Å². The number of amides is 2. The first-order valence-corrected chi connectivity index (χ1v) is 9.79. The summed E-state index contributed by atoms with van der Waals surface area (Å²) < 4.78 is 5.42. The van der Waals surface area contributed by atoms with Crippen LogP contribution in [0.3, 0.4) is 0 Å². The monoisotopic (exact) mass is 410 g/mol. The van der Waals surface area contributed by atoms with Crippen LogP contribution in [-0.4, -0.2) is 47.2 Å². The van der Waals surface area contributed by atoms with Gasteiger partial charge in [-0.3, -0.25) is 9.69 Å². The molecule has 0 bridgehead atoms. The van der Waals surface area contributed by atoms with Crippen LogP contribution in [0.2, 0.25) is 0 Å². The zero-order chi connectivity index (χ0) is 22.1. The van der Waals surface area contributed by atoms with Gasteiger partial charge >= 0.3 is 12.1 Å². The highest BCUT2D eigenvalue weighted by molar-refractivity contribution is 5.94. The Hall–Kier alpha value is -3.35. The number of nitrogens with zero attached hydrogens (tertiary/aromatic N) is 1. The molecule has 2 aromatic rings. The molecule has 0 spiro atoms. The normalized spacial score (nSPS) is 15.9. The Morgan fingerprint density at radius 2 is 1.77 bits per heavy atom. The molecule has 3 rings (SSSR count). The number of rotatable bonds is 3. The maximum absolute atomic E-state index is 12.6. The maximum atomic E-state index is 12.6. The minimum Gasteiger partial charge on any atom is -0.479 e. The van der Waals surface area contributed by atoms with E-state index in [-0.39, 0.29) is 12.5 Å². The molecule has 0 saturated carbocycles. The highest BCUT2D eigenvalue weighted by Gasteiger charge is 2.38. The van der Waals surface area contributed by atoms with Crippen molar-refractivity contribution in [2.24, 2.45) is 0 Å². The van der Waals surface area contributed by atoms with Crippen molar-refractivity contribution in [3.05, 3.63) is 59.2 Å². The largest absolute Gasteiger partial charge is 0.479 e. The first-order valence-electron chi connectivity index (χ1n) is 9.79. The minimum atomic E-state index is -1.12. The van der Waals surface area contributed by atoms with Gasteiger partial charge in [0.2, 0.25) is 0 Å². The average Bonchev–Trinajstić information content (AvgIpc) is 2.70. The predicted molar refractivity (Wildman–Crippen MR) is 112 cm³/mol. The quantitative estimate of drug-likeness (QED) is 0.806. The Kier molecular flexibility index (Phi) is 5.82. The summed E-state index contributed by atoms with van der Waals surface area (Å²) in [4.78, 5) is 37.8. The van der Waals surface area contributed by atoms with E-state index in [9.17, 15) is 19.5 Å². The van der Waals surface area contributed by atoms with Crippen LogP contribution in [0.15, 0.2) is 42.5 Å². The van der Waals surface area contributed by atoms with Gasteiger partial charge < -0.3 is 15.2 Å². The lowest BCUT2D eigenvalue weighted by Crippen LogP contribution is -2.45. The van der Waals surface area contributed by atoms with Gasteiger partial charge in [-0.25, -0.2) is 9.59 Å². The van der Waals surface area contributed by atoms with Crippen LogP contribution in [-0.2, 0) is 16.0 Å². The third-order valence-corrected chi connectivity index (χ3v) is 4.97. The molecule has 1 atom stereocenters. The number of carbonyl (C=O) groups excluding carboxylic acids is 2. The number of benzene rings is 2. The molecule has 2 aromatic carbocycles. The number of ether oxygens (including phenoxy) is 1. The van der Waals surface area contributed by atoms with E-state index in [0.717, 1.165) is 16.7 Å². The lowest BCUT2D eigenvalue weighted by atomic mass is 9.86. The van der Waals surface area contributed by atoms with Gasteiger partial charge in [0.15, 0.2) is 6.04 Å². The van der Waals surface area contributed by atoms with Crippen molar-refractivity contribution in [3.63, 3.8) is 0 Å². The van der Waals surface area contributed by atoms with E-state index >= 15 is 0 Å². The summed E-state index contributed by atoms with van der Waals surface area (Å²) in [5, 5.41) is 12.5. The molecule has 0 radical (unpaired) electrons. The fourth-order valence-corrected chi connectivity index (χ4v) is 3.67. The second-order valence-electron chi connectivity index (χ2n) is 8.19. The summed E-state index contributed by atoms with van der Waals surface area (Å²) >= 11 is 0. The molecule has 30 heavy (non-hydrogen) atoms. The Balaban J connectivity index is 1.99. The summed E-state index contributed by atoms with van der Waals surface area (Å²) in [6, 6.07) is 11.5. The van der Waals surface area contributed by atoms with E-state index in [2.05, 4.69) is 5.32 Å². The van der Waals surface area contributed by atoms with Gasteiger partial charge in [0, 0.05) is 19.2 Å². The molecule has 0 unspecified atom stereocenters. The van der Waals surface area contributed by atoms with Gasteiger partial charge in [0.1, 0.15) is 5.60 Å². The van der Waals surface area contributed by atoms with Gasteiger partial charge in [0.05, 0.1) is 0 Å². The van der Waals surface area contributed by atoms with Crippen molar-refractivity contribution >= 4 is 18.0 Å². The topological polar surface area (TPSA) is 95.9 Å². The van der Waals surface area contributed by atoms with Crippen LogP contribution in [0.5, 0.6) is 0 Å². The molecule has 1 heterocycles. The lowest BCUT2D eigenvalue weighted by molar-refractivity contribution is -0.143. The standard InChI is InChI=1S/C23H26N2O5/c1-23(2,3)30-22(29)25-13-12-17-16(6-5-7-18(17)19(25)21(27)28)14-8-10-15(11-9-14)20(26)24-4/h5-11,19H,12-13H2,1-4H3,(H,24,26)(H,27,28)/t19-/m1/s1. The number of carboxylic acids is 1. The summed E-state index contributed by atoms with van der Waals surface area (Å²) in [6.07, 6.45) is -0.132. The Morgan fingerprint density at radius 3 is 2.33 bits per heavy atom. The average molecular weight is 410 g/mol. The summed E-state index contributed by atoms with van der Waals surface area (Å²) in [5.41, 5.74) is 3.07. The van der Waals surface area contributed by atoms with E-state index < -0.39 is 23.7 Å². The van der Waals surface area contributed by atoms with Gasteiger partial charge in [0.25, 0.3) is 5.91 Å². The van der Waals surface area contributed by atoms with E-state index in [1.165, 1.54) is 4.90 Å². The first kappa shape index (κ1) is 21.4. The zero-order valence-electron chi connectivity index (χ0n) is 17.6. The third-order valence-electron chi connectivity index (χ3n) is 4.97. The van der Waals surface area contributed by atoms with Gasteiger partial charge in [-0.1, -0.05) is 30.3 Å². The maximum Gasteiger partial charge on any atom is 0.411 e. The SMILES string of the molecule is CNC(=O)c1ccc(-c2cccc3c2CCN(C(=O)OC(C)(C)C)[C@H]3C(=O)O)cc1. The number of fused-ring (bicyclic) bond motifs is 1. The summed E-state index contributed by atoms with van der Waals surface area (Å²) in [7, 11) is 1.58. The molecule has 0 aromatic heterocycles. The lowest BCUT2D eigenvalue weighted by Gasteiger charge is -2.36. The molecule has 2 N–H and O–H groups in total. The van der Waals surface area contributed by atoms with Crippen LogP contribution in [0.4, 0.5) is 4.79 Å². The van der Waals surface area contributed by atoms with Crippen molar-refractivity contribution < 1.29 is 24.2 Å². The molecule has 0 fully saturated rings. The molecule has 2 amide bonds. The highest BCUT2D eigenvalue weighted by Crippen LogP contribution is 2.37. The molecular formula is C23H26N2O5. The van der Waals surface area contributed by atoms with Crippen LogP contribution < -0.4 is 5.32 Å². The fourth-order valence-electron chi connectivity index (χ4n) is 3.67. The summed E-state index contributed by atoms with van der Waals surface area (Å²) in [5.74, 6) is -1.27. The smallest absolute Gasteiger partial charge is 0.411 e. The van der Waals surface area contributed by atoms with Crippen molar-refractivity contribution in [1.29, 1.82) is 0 Å². The number of nitrogens with one attached hydrogen (secondary N) is 1. The van der Waals surface area contributed by atoms with Crippen molar-refractivity contribution in [2.45, 2.75) is 38.8 Å². The van der Waals surface area contributed by atoms with Crippen molar-refractivity contribution in [3.8, 4) is 11.1 Å². The third kappa shape index (κ3) is 4.30. The molecular weight excluding hydrogens is 384 g/mol. The number of carbonyl (C=O) groups is 3. The van der Waals surface area contributed by atoms with Crippen LogP contribution >= 0.6 is 0 Å². The van der Waals surface area contributed by atoms with E-state index in [1.54, 1.807) is 52.1 Å².